The summed E-state index contributed by atoms with van der Waals surface area (Å²) in [5.41, 5.74) is -0.0174. The van der Waals surface area contributed by atoms with Crippen LogP contribution in [0.1, 0.15) is 0 Å². The highest BCUT2D eigenvalue weighted by atomic mass is 16.7. The number of azo groups is 1. The van der Waals surface area contributed by atoms with E-state index in [-0.39, 0.29) is 10.5 Å². The van der Waals surface area contributed by atoms with E-state index in [0.717, 1.165) is 0 Å². The molecule has 0 heterocycles. The predicted octanol–water partition coefficient (Wildman–Crippen LogP) is 1.12. The molecule has 1 aromatic carbocycles. The Bertz CT molecular complexity index is 418. The summed E-state index contributed by atoms with van der Waals surface area (Å²) in [5, 5.41) is 34.5. The third-order valence-corrected chi connectivity index (χ3v) is 1.56. The summed E-state index contributed by atoms with van der Waals surface area (Å²) >= 11 is 0. The Morgan fingerprint density at radius 1 is 1.00 bits per heavy atom. The van der Waals surface area contributed by atoms with E-state index >= 15 is 0 Å². The summed E-state index contributed by atoms with van der Waals surface area (Å²) < 4.78 is 0. The van der Waals surface area contributed by atoms with Gasteiger partial charge >= 0.3 is 6.29 Å². The molecule has 0 saturated carbocycles. The maximum Gasteiger partial charge on any atom is 0.603 e. The van der Waals surface area contributed by atoms with Gasteiger partial charge in [0.05, 0.1) is 0 Å². The highest BCUT2D eigenvalue weighted by Crippen LogP contribution is 2.10. The third-order valence-electron chi connectivity index (χ3n) is 1.56. The molecule has 16 heavy (non-hydrogen) atoms. The van der Waals surface area contributed by atoms with Crippen LogP contribution in [-0.2, 0) is 0 Å². The van der Waals surface area contributed by atoms with E-state index in [1.807, 2.05) is 0 Å². The summed E-state index contributed by atoms with van der Waals surface area (Å²) in [7, 11) is 0. The Morgan fingerprint density at radius 2 is 1.50 bits per heavy atom. The van der Waals surface area contributed by atoms with Gasteiger partial charge in [0.1, 0.15) is 15.0 Å². The van der Waals surface area contributed by atoms with Gasteiger partial charge < -0.3 is 5.21 Å². The molecular weight excluding hydrogens is 220 g/mol. The molecule has 0 saturated heterocycles. The smallest absolute Gasteiger partial charge is 0.594 e. The second-order valence-corrected chi connectivity index (χ2v) is 2.64. The first kappa shape index (κ1) is 11.5. The highest BCUT2D eigenvalue weighted by Gasteiger charge is 2.36. The van der Waals surface area contributed by atoms with Gasteiger partial charge in [-0.2, -0.15) is 0 Å². The molecule has 0 bridgehead atoms. The van der Waals surface area contributed by atoms with Crippen LogP contribution in [-0.4, -0.2) is 21.0 Å². The monoisotopic (exact) mass is 226 g/mol. The van der Waals surface area contributed by atoms with E-state index in [2.05, 4.69) is 5.11 Å². The molecule has 0 aliphatic rings. The van der Waals surface area contributed by atoms with Crippen LogP contribution in [0.25, 0.3) is 0 Å². The van der Waals surface area contributed by atoms with Crippen molar-refractivity contribution >= 4 is 5.69 Å². The van der Waals surface area contributed by atoms with E-state index < -0.39 is 16.1 Å². The van der Waals surface area contributed by atoms with Crippen molar-refractivity contribution in [3.63, 3.8) is 0 Å². The van der Waals surface area contributed by atoms with E-state index in [1.165, 1.54) is 24.3 Å². The zero-order valence-corrected chi connectivity index (χ0v) is 7.79. The van der Waals surface area contributed by atoms with Crippen molar-refractivity contribution in [3.8, 4) is 0 Å². The standard InChI is InChI=1S/C7H6N4O5/c12-9(6-4-2-1-3-5-6)8-7(10(13)14)11(15)16/h1-5,7H. The maximum atomic E-state index is 11.2. The van der Waals surface area contributed by atoms with Crippen molar-refractivity contribution < 1.29 is 14.7 Å². The minimum atomic E-state index is -2.49. The molecule has 0 amide bonds. The number of nitro groups is 2. The molecule has 0 aliphatic carbocycles. The van der Waals surface area contributed by atoms with Crippen molar-refractivity contribution in [2.75, 3.05) is 0 Å². The lowest BCUT2D eigenvalue weighted by Gasteiger charge is -1.98. The van der Waals surface area contributed by atoms with Gasteiger partial charge in [-0.15, -0.1) is 0 Å². The summed E-state index contributed by atoms with van der Waals surface area (Å²) in [5.74, 6) is 0. The van der Waals surface area contributed by atoms with Crippen LogP contribution in [0.3, 0.4) is 0 Å². The Hall–Kier alpha value is -2.58. The van der Waals surface area contributed by atoms with Crippen LogP contribution in [0.15, 0.2) is 35.4 Å². The number of para-hydroxylation sites is 1. The number of nitrogens with zero attached hydrogens (tertiary/aromatic N) is 4. The minimum Gasteiger partial charge on any atom is -0.594 e. The topological polar surface area (TPSA) is 125 Å². The summed E-state index contributed by atoms with van der Waals surface area (Å²) in [6.45, 7) is 0. The average molecular weight is 226 g/mol. The van der Waals surface area contributed by atoms with Crippen molar-refractivity contribution in [1.29, 1.82) is 0 Å². The molecule has 0 aliphatic heterocycles. The van der Waals surface area contributed by atoms with Crippen molar-refractivity contribution in [2.24, 2.45) is 5.11 Å². The molecular formula is C7H6N4O5. The molecule has 0 fully saturated rings. The Morgan fingerprint density at radius 3 is 1.94 bits per heavy atom. The second-order valence-electron chi connectivity index (χ2n) is 2.64. The van der Waals surface area contributed by atoms with Crippen LogP contribution >= 0.6 is 0 Å². The molecule has 0 unspecified atom stereocenters. The fraction of sp³-hybridized carbons (Fsp3) is 0.143. The lowest BCUT2D eigenvalue weighted by molar-refractivity contribution is -0.758. The number of hydrogen-bond donors (Lipinski definition) is 0. The predicted molar refractivity (Wildman–Crippen MR) is 49.9 cm³/mol. The quantitative estimate of drug-likeness (QED) is 0.250. The van der Waals surface area contributed by atoms with Gasteiger partial charge in [0.15, 0.2) is 0 Å². The summed E-state index contributed by atoms with van der Waals surface area (Å²) in [6, 6.07) is 7.28. The molecule has 0 aromatic heterocycles. The van der Waals surface area contributed by atoms with Crippen LogP contribution in [0.4, 0.5) is 5.69 Å². The van der Waals surface area contributed by atoms with Crippen molar-refractivity contribution in [3.05, 3.63) is 55.8 Å². The van der Waals surface area contributed by atoms with Gasteiger partial charge in [-0.25, -0.2) is 0 Å². The van der Waals surface area contributed by atoms with Crippen molar-refractivity contribution in [1.82, 2.24) is 0 Å². The molecule has 1 rings (SSSR count). The maximum absolute atomic E-state index is 11.2. The highest BCUT2D eigenvalue weighted by molar-refractivity contribution is 5.27. The molecule has 0 spiro atoms. The third kappa shape index (κ3) is 2.70. The van der Waals surface area contributed by atoms with Gasteiger partial charge in [-0.05, 0) is 4.86 Å². The normalized spacial score (nSPS) is 11.4. The zero-order valence-electron chi connectivity index (χ0n) is 7.79. The lowest BCUT2D eigenvalue weighted by atomic mass is 10.3. The molecule has 9 nitrogen and oxygen atoms in total. The molecule has 84 valence electrons. The lowest BCUT2D eigenvalue weighted by Crippen LogP contribution is -2.27. The molecule has 0 radical (unpaired) electrons. The molecule has 0 N–H and O–H groups in total. The first-order valence-electron chi connectivity index (χ1n) is 4.02. The first-order chi connectivity index (χ1) is 7.52. The Balaban J connectivity index is 2.99. The van der Waals surface area contributed by atoms with E-state index in [4.69, 9.17) is 0 Å². The van der Waals surface area contributed by atoms with Gasteiger partial charge in [-0.1, -0.05) is 18.2 Å². The molecule has 0 atom stereocenters. The summed E-state index contributed by atoms with van der Waals surface area (Å²) in [4.78, 5) is 17.8. The average Bonchev–Trinajstić information content (AvgIpc) is 2.25. The van der Waals surface area contributed by atoms with Crippen molar-refractivity contribution in [2.45, 2.75) is 6.29 Å². The van der Waals surface area contributed by atoms with Crippen LogP contribution in [0.5, 0.6) is 0 Å². The number of hydrogen-bond acceptors (Lipinski definition) is 6. The van der Waals surface area contributed by atoms with Crippen LogP contribution < -0.4 is 0 Å². The van der Waals surface area contributed by atoms with Gasteiger partial charge in [0.25, 0.3) is 0 Å². The molecule has 9 heteroatoms. The fourth-order valence-corrected chi connectivity index (χ4v) is 0.877. The van der Waals surface area contributed by atoms with E-state index in [0.29, 0.717) is 0 Å². The number of benzene rings is 1. The van der Waals surface area contributed by atoms with Gasteiger partial charge in [0.2, 0.25) is 5.69 Å². The van der Waals surface area contributed by atoms with E-state index in [1.54, 1.807) is 6.07 Å². The summed E-state index contributed by atoms with van der Waals surface area (Å²) in [6.07, 6.45) is -2.49. The zero-order chi connectivity index (χ0) is 12.1. The fourth-order valence-electron chi connectivity index (χ4n) is 0.877. The SMILES string of the molecule is O=[N+]([O-])C(N=[N+]([O-])c1ccccc1)[N+](=O)[O-]. The first-order valence-corrected chi connectivity index (χ1v) is 4.02. The largest absolute Gasteiger partial charge is 0.603 e. The Kier molecular flexibility index (Phi) is 3.43. The second kappa shape index (κ2) is 4.77. The van der Waals surface area contributed by atoms with Crippen LogP contribution in [0, 0.1) is 25.4 Å². The number of rotatable bonds is 4. The molecule has 1 aromatic rings. The Labute approximate surface area is 88.5 Å². The minimum absolute atomic E-state index is 0.0174. The van der Waals surface area contributed by atoms with Gasteiger partial charge in [0, 0.05) is 12.1 Å². The van der Waals surface area contributed by atoms with E-state index in [9.17, 15) is 25.4 Å². The van der Waals surface area contributed by atoms with Gasteiger partial charge in [-0.3, -0.25) is 20.2 Å². The van der Waals surface area contributed by atoms with Crippen LogP contribution in [0.2, 0.25) is 0 Å².